The van der Waals surface area contributed by atoms with Crippen molar-refractivity contribution in [1.29, 1.82) is 0 Å². The Balaban J connectivity index is 1.77. The summed E-state index contributed by atoms with van der Waals surface area (Å²) in [6.07, 6.45) is 2.33. The molecular weight excluding hydrogens is 267 g/mol. The van der Waals surface area contributed by atoms with Crippen molar-refractivity contribution in [2.75, 3.05) is 19.6 Å². The van der Waals surface area contributed by atoms with Gasteiger partial charge in [0, 0.05) is 19.1 Å². The monoisotopic (exact) mass is 282 g/mol. The molecule has 0 bridgehead atoms. The number of carbonyl (C=O) groups excluding carboxylic acids is 1. The van der Waals surface area contributed by atoms with E-state index in [1.165, 1.54) is 31.0 Å². The first kappa shape index (κ1) is 12.9. The summed E-state index contributed by atoms with van der Waals surface area (Å²) in [5.74, 6) is 0.0245. The van der Waals surface area contributed by atoms with Gasteiger partial charge in [-0.25, -0.2) is 4.39 Å². The Bertz CT molecular complexity index is 494. The highest BCUT2D eigenvalue weighted by Gasteiger charge is 2.36. The van der Waals surface area contributed by atoms with E-state index in [0.29, 0.717) is 17.5 Å². The summed E-state index contributed by atoms with van der Waals surface area (Å²) in [6, 6.07) is 4.34. The van der Waals surface area contributed by atoms with Gasteiger partial charge in [0.25, 0.3) is 5.91 Å². The van der Waals surface area contributed by atoms with Gasteiger partial charge in [-0.3, -0.25) is 4.79 Å². The number of nitrogens with zero attached hydrogens (tertiary/aromatic N) is 1. The second-order valence-corrected chi connectivity index (χ2v) is 5.70. The molecule has 2 fully saturated rings. The maximum Gasteiger partial charge on any atom is 0.255 e. The fourth-order valence-electron chi connectivity index (χ4n) is 3.05. The molecule has 0 unspecified atom stereocenters. The average Bonchev–Trinajstić information content (AvgIpc) is 2.81. The summed E-state index contributed by atoms with van der Waals surface area (Å²) in [7, 11) is 0. The van der Waals surface area contributed by atoms with Gasteiger partial charge >= 0.3 is 0 Å². The van der Waals surface area contributed by atoms with Gasteiger partial charge in [-0.2, -0.15) is 0 Å². The highest BCUT2D eigenvalue weighted by molar-refractivity contribution is 6.33. The Labute approximate surface area is 116 Å². The molecule has 0 saturated carbocycles. The molecule has 3 rings (SSSR count). The van der Waals surface area contributed by atoms with Crippen molar-refractivity contribution in [1.82, 2.24) is 10.2 Å². The maximum atomic E-state index is 13.0. The van der Waals surface area contributed by atoms with E-state index in [1.54, 1.807) is 0 Å². The molecule has 1 amide bonds. The van der Waals surface area contributed by atoms with Gasteiger partial charge in [-0.1, -0.05) is 11.6 Å². The lowest BCUT2D eigenvalue weighted by Gasteiger charge is -2.24. The first-order chi connectivity index (χ1) is 9.15. The zero-order valence-electron chi connectivity index (χ0n) is 10.5. The Kier molecular flexibility index (Phi) is 3.46. The molecule has 1 aromatic carbocycles. The van der Waals surface area contributed by atoms with Gasteiger partial charge in [0.1, 0.15) is 5.82 Å². The molecule has 0 aliphatic carbocycles. The van der Waals surface area contributed by atoms with E-state index in [1.807, 2.05) is 4.90 Å². The van der Waals surface area contributed by atoms with Crippen molar-refractivity contribution >= 4 is 17.5 Å². The van der Waals surface area contributed by atoms with Crippen molar-refractivity contribution in [3.63, 3.8) is 0 Å². The van der Waals surface area contributed by atoms with Crippen LogP contribution in [0.1, 0.15) is 23.2 Å². The lowest BCUT2D eigenvalue weighted by atomic mass is 9.94. The van der Waals surface area contributed by atoms with Crippen molar-refractivity contribution in [3.8, 4) is 0 Å². The Morgan fingerprint density at radius 2 is 2.26 bits per heavy atom. The lowest BCUT2D eigenvalue weighted by Crippen LogP contribution is -2.41. The van der Waals surface area contributed by atoms with E-state index in [2.05, 4.69) is 5.32 Å². The van der Waals surface area contributed by atoms with Crippen molar-refractivity contribution in [2.45, 2.75) is 18.9 Å². The molecule has 102 valence electrons. The number of hydrogen-bond donors (Lipinski definition) is 1. The van der Waals surface area contributed by atoms with Gasteiger partial charge in [0.05, 0.1) is 10.6 Å². The zero-order chi connectivity index (χ0) is 13.4. The van der Waals surface area contributed by atoms with Crippen molar-refractivity contribution in [2.24, 2.45) is 5.92 Å². The summed E-state index contributed by atoms with van der Waals surface area (Å²) < 4.78 is 13.0. The molecule has 1 N–H and O–H groups in total. The number of piperidine rings is 1. The minimum Gasteiger partial charge on any atom is -0.337 e. The molecule has 19 heavy (non-hydrogen) atoms. The summed E-state index contributed by atoms with van der Waals surface area (Å²) in [4.78, 5) is 14.2. The first-order valence-corrected chi connectivity index (χ1v) is 7.00. The van der Waals surface area contributed by atoms with Crippen LogP contribution in [-0.2, 0) is 0 Å². The standard InChI is InChI=1S/C14H16ClFN2O/c15-12-6-10(16)3-4-11(12)14(19)18-7-9-2-1-5-17-13(9)8-18/h3-4,6,9,13,17H,1-2,5,7-8H2/t9-,13+/m0/s1. The summed E-state index contributed by atoms with van der Waals surface area (Å²) in [5.41, 5.74) is 0.390. The highest BCUT2D eigenvalue weighted by atomic mass is 35.5. The minimum absolute atomic E-state index is 0.0961. The highest BCUT2D eigenvalue weighted by Crippen LogP contribution is 2.27. The van der Waals surface area contributed by atoms with E-state index in [9.17, 15) is 9.18 Å². The zero-order valence-corrected chi connectivity index (χ0v) is 11.3. The molecule has 5 heteroatoms. The number of nitrogens with one attached hydrogen (secondary N) is 1. The predicted octanol–water partition coefficient (Wildman–Crippen LogP) is 2.30. The van der Waals surface area contributed by atoms with Gasteiger partial charge in [0.2, 0.25) is 0 Å². The number of likely N-dealkylation sites (tertiary alicyclic amines) is 1. The molecule has 2 atom stereocenters. The lowest BCUT2D eigenvalue weighted by molar-refractivity contribution is 0.0786. The van der Waals surface area contributed by atoms with E-state index < -0.39 is 5.82 Å². The van der Waals surface area contributed by atoms with Crippen LogP contribution in [0.5, 0.6) is 0 Å². The molecule has 3 nitrogen and oxygen atoms in total. The third kappa shape index (κ3) is 2.47. The topological polar surface area (TPSA) is 32.3 Å². The van der Waals surface area contributed by atoms with Gasteiger partial charge in [-0.05, 0) is 43.5 Å². The molecule has 2 saturated heterocycles. The number of amides is 1. The minimum atomic E-state index is -0.418. The van der Waals surface area contributed by atoms with Crippen molar-refractivity contribution < 1.29 is 9.18 Å². The quantitative estimate of drug-likeness (QED) is 0.857. The van der Waals surface area contributed by atoms with Crippen LogP contribution in [0.15, 0.2) is 18.2 Å². The fraction of sp³-hybridized carbons (Fsp3) is 0.500. The van der Waals surface area contributed by atoms with Crippen LogP contribution in [0.25, 0.3) is 0 Å². The average molecular weight is 283 g/mol. The second kappa shape index (κ2) is 5.10. The SMILES string of the molecule is O=C(c1ccc(F)cc1Cl)N1C[C@@H]2CCCN[C@@H]2C1. The molecule has 0 radical (unpaired) electrons. The van der Waals surface area contributed by atoms with E-state index in [4.69, 9.17) is 11.6 Å². The van der Waals surface area contributed by atoms with Crippen LogP contribution in [0, 0.1) is 11.7 Å². The number of benzene rings is 1. The smallest absolute Gasteiger partial charge is 0.255 e. The number of carbonyl (C=O) groups is 1. The molecule has 0 spiro atoms. The van der Waals surface area contributed by atoms with Crippen LogP contribution in [0.3, 0.4) is 0 Å². The third-order valence-corrected chi connectivity index (χ3v) is 4.36. The third-order valence-electron chi connectivity index (χ3n) is 4.05. The second-order valence-electron chi connectivity index (χ2n) is 5.30. The van der Waals surface area contributed by atoms with Crippen LogP contribution < -0.4 is 5.32 Å². The van der Waals surface area contributed by atoms with Crippen LogP contribution in [0.4, 0.5) is 4.39 Å². The molecular formula is C14H16ClFN2O. The predicted molar refractivity (Wildman–Crippen MR) is 71.8 cm³/mol. The van der Waals surface area contributed by atoms with E-state index >= 15 is 0 Å². The van der Waals surface area contributed by atoms with Gasteiger partial charge in [0.15, 0.2) is 0 Å². The summed E-state index contributed by atoms with van der Waals surface area (Å²) in [5, 5.41) is 3.64. The van der Waals surface area contributed by atoms with E-state index in [0.717, 1.165) is 19.6 Å². The summed E-state index contributed by atoms with van der Waals surface area (Å²) >= 11 is 5.95. The van der Waals surface area contributed by atoms with Crippen molar-refractivity contribution in [3.05, 3.63) is 34.6 Å². The number of rotatable bonds is 1. The number of halogens is 2. The molecule has 2 aliphatic rings. The van der Waals surface area contributed by atoms with Gasteiger partial charge < -0.3 is 10.2 Å². The van der Waals surface area contributed by atoms with E-state index in [-0.39, 0.29) is 10.9 Å². The van der Waals surface area contributed by atoms with Crippen LogP contribution >= 0.6 is 11.6 Å². The largest absolute Gasteiger partial charge is 0.337 e. The Morgan fingerprint density at radius 3 is 3.00 bits per heavy atom. The normalized spacial score (nSPS) is 26.3. The summed E-state index contributed by atoms with van der Waals surface area (Å²) in [6.45, 7) is 2.52. The fourth-order valence-corrected chi connectivity index (χ4v) is 3.29. The van der Waals surface area contributed by atoms with Crippen LogP contribution in [-0.4, -0.2) is 36.5 Å². The maximum absolute atomic E-state index is 13.0. The number of hydrogen-bond acceptors (Lipinski definition) is 2. The Hall–Kier alpha value is -1.13. The molecule has 2 heterocycles. The van der Waals surface area contributed by atoms with Gasteiger partial charge in [-0.15, -0.1) is 0 Å². The molecule has 2 aliphatic heterocycles. The molecule has 0 aromatic heterocycles. The van der Waals surface area contributed by atoms with Crippen LogP contribution in [0.2, 0.25) is 5.02 Å². The molecule has 1 aromatic rings. The first-order valence-electron chi connectivity index (χ1n) is 6.63. The number of fused-ring (bicyclic) bond motifs is 1. The Morgan fingerprint density at radius 1 is 1.42 bits per heavy atom.